The Morgan fingerprint density at radius 1 is 1.47 bits per heavy atom. The Balaban J connectivity index is 1.92. The summed E-state index contributed by atoms with van der Waals surface area (Å²) >= 11 is 0. The number of β-amino-alcohol motifs (C(OH)–C–C–N with tert-alkyl or cyclic N) is 1. The van der Waals surface area contributed by atoms with E-state index in [1.54, 1.807) is 7.11 Å². The third-order valence-corrected chi connectivity index (χ3v) is 3.46. The van der Waals surface area contributed by atoms with Gasteiger partial charge in [0.1, 0.15) is 5.75 Å². The summed E-state index contributed by atoms with van der Waals surface area (Å²) in [5.41, 5.74) is 0.699. The van der Waals surface area contributed by atoms with Gasteiger partial charge >= 0.3 is 0 Å². The lowest BCUT2D eigenvalue weighted by molar-refractivity contribution is 0.00887. The zero-order chi connectivity index (χ0) is 12.1. The molecule has 1 saturated heterocycles. The summed E-state index contributed by atoms with van der Waals surface area (Å²) in [5, 5.41) is 13.6. The number of hydrogen-bond acceptors (Lipinski definition) is 3. The zero-order valence-corrected chi connectivity index (χ0v) is 10.4. The number of methoxy groups -OCH3 is 1. The minimum absolute atomic E-state index is 0.526. The fraction of sp³-hybridized carbons (Fsp3) is 0.571. The quantitative estimate of drug-likeness (QED) is 0.835. The molecule has 1 aliphatic heterocycles. The van der Waals surface area contributed by atoms with Gasteiger partial charge in [0.15, 0.2) is 0 Å². The predicted octanol–water partition coefficient (Wildman–Crippen LogP) is 1.74. The average molecular weight is 235 g/mol. The van der Waals surface area contributed by atoms with Crippen molar-refractivity contribution in [3.63, 3.8) is 0 Å². The molecule has 1 unspecified atom stereocenters. The van der Waals surface area contributed by atoms with E-state index in [0.29, 0.717) is 0 Å². The van der Waals surface area contributed by atoms with Crippen LogP contribution in [0.2, 0.25) is 0 Å². The van der Waals surface area contributed by atoms with E-state index in [9.17, 15) is 5.11 Å². The fourth-order valence-corrected chi connectivity index (χ4v) is 2.37. The van der Waals surface area contributed by atoms with Crippen molar-refractivity contribution in [1.82, 2.24) is 5.32 Å². The van der Waals surface area contributed by atoms with Crippen molar-refractivity contribution in [3.8, 4) is 5.75 Å². The van der Waals surface area contributed by atoms with Gasteiger partial charge < -0.3 is 15.2 Å². The van der Waals surface area contributed by atoms with Gasteiger partial charge in [-0.25, -0.2) is 0 Å². The largest absolute Gasteiger partial charge is 0.497 e. The normalized spacial score (nSPS) is 24.6. The smallest absolute Gasteiger partial charge is 0.119 e. The van der Waals surface area contributed by atoms with Crippen LogP contribution in [0.4, 0.5) is 0 Å². The molecule has 1 fully saturated rings. The summed E-state index contributed by atoms with van der Waals surface area (Å²) < 4.78 is 5.20. The van der Waals surface area contributed by atoms with Gasteiger partial charge in [-0.05, 0) is 49.9 Å². The molecule has 0 aliphatic carbocycles. The van der Waals surface area contributed by atoms with Gasteiger partial charge in [-0.1, -0.05) is 12.1 Å². The lowest BCUT2D eigenvalue weighted by Gasteiger charge is -2.32. The first-order valence-electron chi connectivity index (χ1n) is 6.28. The topological polar surface area (TPSA) is 41.5 Å². The minimum Gasteiger partial charge on any atom is -0.497 e. The molecule has 1 aromatic carbocycles. The summed E-state index contributed by atoms with van der Waals surface area (Å²) in [7, 11) is 1.68. The average Bonchev–Trinajstić information content (AvgIpc) is 2.38. The first kappa shape index (κ1) is 12.4. The number of ether oxygens (including phenoxy) is 1. The fourth-order valence-electron chi connectivity index (χ4n) is 2.37. The molecule has 17 heavy (non-hydrogen) atoms. The summed E-state index contributed by atoms with van der Waals surface area (Å²) in [5.74, 6) is 0.885. The van der Waals surface area contributed by atoms with Crippen molar-refractivity contribution in [2.24, 2.45) is 0 Å². The third kappa shape index (κ3) is 3.45. The molecule has 0 amide bonds. The van der Waals surface area contributed by atoms with Gasteiger partial charge in [-0.3, -0.25) is 0 Å². The highest BCUT2D eigenvalue weighted by molar-refractivity contribution is 5.28. The standard InChI is InChI=1S/C14H21NO2/c1-17-13-5-2-4-12(10-13)6-8-14(16)7-3-9-15-11-14/h2,4-5,10,15-16H,3,6-9,11H2,1H3. The Hall–Kier alpha value is -1.06. The lowest BCUT2D eigenvalue weighted by atomic mass is 9.88. The van der Waals surface area contributed by atoms with E-state index in [4.69, 9.17) is 4.74 Å². The Kier molecular flexibility index (Phi) is 4.02. The molecular formula is C14H21NO2. The molecule has 1 aliphatic rings. The Morgan fingerprint density at radius 3 is 3.06 bits per heavy atom. The molecule has 94 valence electrons. The number of benzene rings is 1. The molecule has 3 heteroatoms. The van der Waals surface area contributed by atoms with E-state index in [0.717, 1.165) is 44.5 Å². The van der Waals surface area contributed by atoms with Crippen LogP contribution in [-0.2, 0) is 6.42 Å². The number of aryl methyl sites for hydroxylation is 1. The number of aliphatic hydroxyl groups is 1. The highest BCUT2D eigenvalue weighted by Crippen LogP contribution is 2.23. The summed E-state index contributed by atoms with van der Waals surface area (Å²) in [6.07, 6.45) is 3.68. The monoisotopic (exact) mass is 235 g/mol. The van der Waals surface area contributed by atoms with Crippen LogP contribution in [0, 0.1) is 0 Å². The SMILES string of the molecule is COc1cccc(CCC2(O)CCCNC2)c1. The van der Waals surface area contributed by atoms with Gasteiger partial charge in [0.2, 0.25) is 0 Å². The van der Waals surface area contributed by atoms with Crippen molar-refractivity contribution in [2.45, 2.75) is 31.3 Å². The van der Waals surface area contributed by atoms with Crippen molar-refractivity contribution >= 4 is 0 Å². The third-order valence-electron chi connectivity index (χ3n) is 3.46. The Morgan fingerprint density at radius 2 is 2.35 bits per heavy atom. The summed E-state index contributed by atoms with van der Waals surface area (Å²) in [6.45, 7) is 1.75. The van der Waals surface area contributed by atoms with Gasteiger partial charge in [-0.2, -0.15) is 0 Å². The highest BCUT2D eigenvalue weighted by Gasteiger charge is 2.28. The van der Waals surface area contributed by atoms with Crippen LogP contribution in [0.3, 0.4) is 0 Å². The van der Waals surface area contributed by atoms with Crippen molar-refractivity contribution in [3.05, 3.63) is 29.8 Å². The molecule has 0 bridgehead atoms. The van der Waals surface area contributed by atoms with Crippen molar-refractivity contribution in [2.75, 3.05) is 20.2 Å². The van der Waals surface area contributed by atoms with Crippen LogP contribution in [0.25, 0.3) is 0 Å². The minimum atomic E-state index is -0.526. The molecule has 0 spiro atoms. The second kappa shape index (κ2) is 5.52. The van der Waals surface area contributed by atoms with E-state index in [1.165, 1.54) is 5.56 Å². The maximum absolute atomic E-state index is 10.4. The molecule has 3 nitrogen and oxygen atoms in total. The molecule has 1 atom stereocenters. The molecule has 0 saturated carbocycles. The van der Waals surface area contributed by atoms with E-state index in [2.05, 4.69) is 11.4 Å². The Labute approximate surface area is 103 Å². The first-order valence-corrected chi connectivity index (χ1v) is 6.28. The van der Waals surface area contributed by atoms with Crippen LogP contribution in [0.5, 0.6) is 5.75 Å². The number of hydrogen-bond donors (Lipinski definition) is 2. The van der Waals surface area contributed by atoms with E-state index < -0.39 is 5.60 Å². The summed E-state index contributed by atoms with van der Waals surface area (Å²) in [4.78, 5) is 0. The maximum Gasteiger partial charge on any atom is 0.119 e. The van der Waals surface area contributed by atoms with Gasteiger partial charge in [0, 0.05) is 6.54 Å². The molecule has 1 aromatic rings. The Bertz CT molecular complexity index is 359. The van der Waals surface area contributed by atoms with E-state index in [1.807, 2.05) is 18.2 Å². The van der Waals surface area contributed by atoms with Crippen LogP contribution >= 0.6 is 0 Å². The molecule has 1 heterocycles. The maximum atomic E-state index is 10.4. The zero-order valence-electron chi connectivity index (χ0n) is 10.4. The van der Waals surface area contributed by atoms with Crippen LogP contribution in [0.1, 0.15) is 24.8 Å². The van der Waals surface area contributed by atoms with Gasteiger partial charge in [0.05, 0.1) is 12.7 Å². The molecule has 0 radical (unpaired) electrons. The lowest BCUT2D eigenvalue weighted by Crippen LogP contribution is -2.45. The highest BCUT2D eigenvalue weighted by atomic mass is 16.5. The molecule has 2 rings (SSSR count). The van der Waals surface area contributed by atoms with Crippen LogP contribution < -0.4 is 10.1 Å². The van der Waals surface area contributed by atoms with Crippen LogP contribution in [-0.4, -0.2) is 30.9 Å². The number of rotatable bonds is 4. The van der Waals surface area contributed by atoms with Gasteiger partial charge in [-0.15, -0.1) is 0 Å². The second-order valence-electron chi connectivity index (χ2n) is 4.86. The second-order valence-corrected chi connectivity index (χ2v) is 4.86. The van der Waals surface area contributed by atoms with Crippen LogP contribution in [0.15, 0.2) is 24.3 Å². The van der Waals surface area contributed by atoms with E-state index >= 15 is 0 Å². The van der Waals surface area contributed by atoms with Gasteiger partial charge in [0.25, 0.3) is 0 Å². The predicted molar refractivity (Wildman–Crippen MR) is 68.4 cm³/mol. The molecular weight excluding hydrogens is 214 g/mol. The number of nitrogens with one attached hydrogen (secondary N) is 1. The number of piperidine rings is 1. The molecule has 2 N–H and O–H groups in total. The van der Waals surface area contributed by atoms with E-state index in [-0.39, 0.29) is 0 Å². The van der Waals surface area contributed by atoms with Crippen molar-refractivity contribution < 1.29 is 9.84 Å². The first-order chi connectivity index (χ1) is 8.22. The molecule has 0 aromatic heterocycles. The van der Waals surface area contributed by atoms with Crippen molar-refractivity contribution in [1.29, 1.82) is 0 Å². The summed E-state index contributed by atoms with van der Waals surface area (Å²) in [6, 6.07) is 8.07.